The molecule has 1 aliphatic rings. The van der Waals surface area contributed by atoms with Crippen molar-refractivity contribution in [2.45, 2.75) is 117 Å². The Morgan fingerprint density at radius 1 is 0.667 bits per heavy atom. The molecule has 0 spiro atoms. The van der Waals surface area contributed by atoms with Crippen molar-refractivity contribution in [3.8, 4) is 0 Å². The van der Waals surface area contributed by atoms with Gasteiger partial charge in [-0.15, -0.1) is 0 Å². The average Bonchev–Trinajstić information content (AvgIpc) is 2.04. The quantitative estimate of drug-likeness (QED) is 0.0174. The van der Waals surface area contributed by atoms with Crippen molar-refractivity contribution in [1.29, 1.82) is 0 Å². The first kappa shape index (κ1) is 73.6. The van der Waals surface area contributed by atoms with Crippen LogP contribution in [0.1, 0.15) is 104 Å². The number of carboxylic acid groups (broad SMARTS) is 5. The molecule has 0 unspecified atom stereocenters. The molecule has 1 fully saturated rings. The molecule has 26 heteroatoms. The van der Waals surface area contributed by atoms with E-state index >= 15 is 0 Å². The third-order valence-corrected chi connectivity index (χ3v) is 12.9. The van der Waals surface area contributed by atoms with Crippen LogP contribution in [0, 0.1) is 12.8 Å². The predicted molar refractivity (Wildman–Crippen MR) is 316 cm³/mol. The standard InChI is InChI=1S/C21H34N4O9.C15H12.C13H20FNOS.C9H15N3O6/c26-16(12-23-18(29)13-6-2-1-3-7-13)22-11-5-4-8-14(19(30)31)24-21(34)25-15(20(32)33)9-10-17(27)28;1-11-14-8-4-2-6-12(14)10-13-7-3-5-9-15(11)13;1-5-10(3)9-12(13(16)15-6-2)8-7-11(4)17-14;1-10-6(13)2-11-7(14)3-12(4-8(15)16)5-9(17)18/h13-15H,1-12H2,(H,22,26)(H,23,29)(H,27,28)(H,30,31)(H,32,33)(H2,24,25,34);2-10H,1H3;7-9H,5-6H2,1-4H3,(H,15,16);2-5H2,1H3,(H,10,13)(H,11,14)(H,15,16)(H,17,18)/b;;10-9+,11-7+,12-8+;/t14-,15-;;;/m0.../s1. The molecule has 0 aliphatic heterocycles. The first-order valence-corrected chi connectivity index (χ1v) is 28.0. The van der Waals surface area contributed by atoms with Crippen LogP contribution in [0.15, 0.2) is 88.9 Å². The summed E-state index contributed by atoms with van der Waals surface area (Å²) in [6.45, 7) is 8.64. The number of carbonyl (C=O) groups excluding carboxylic acids is 6. The van der Waals surface area contributed by atoms with E-state index in [9.17, 15) is 61.7 Å². The van der Waals surface area contributed by atoms with Crippen LogP contribution in [0.4, 0.5) is 8.68 Å². The van der Waals surface area contributed by atoms with Gasteiger partial charge in [0.2, 0.25) is 23.6 Å². The number of hydrogen-bond acceptors (Lipinski definition) is 13. The minimum Gasteiger partial charge on any atom is -0.481 e. The fraction of sp³-hybridized carbons (Fsp3) is 0.466. The number of aryl methyl sites for hydroxylation is 1. The van der Waals surface area contributed by atoms with Crippen LogP contribution in [-0.4, -0.2) is 161 Å². The maximum absolute atomic E-state index is 12.2. The molecule has 24 nitrogen and oxygen atoms in total. The van der Waals surface area contributed by atoms with E-state index in [0.717, 1.165) is 49.0 Å². The van der Waals surface area contributed by atoms with Gasteiger partial charge in [0.25, 0.3) is 5.91 Å². The van der Waals surface area contributed by atoms with Crippen LogP contribution in [0.25, 0.3) is 21.5 Å². The fourth-order valence-corrected chi connectivity index (χ4v) is 8.07. The number of allylic oxidation sites excluding steroid dienone is 4. The number of nitrogens with zero attached hydrogens (tertiary/aromatic N) is 1. The number of likely N-dealkylation sites (N-methyl/N-ethyl adjacent to an activating group) is 2. The lowest BCUT2D eigenvalue weighted by Crippen LogP contribution is -2.51. The highest BCUT2D eigenvalue weighted by molar-refractivity contribution is 7.98. The Morgan fingerprint density at radius 3 is 1.71 bits per heavy atom. The van der Waals surface area contributed by atoms with Crippen LogP contribution in [0.5, 0.6) is 0 Å². The number of carbonyl (C=O) groups is 11. The highest BCUT2D eigenvalue weighted by Gasteiger charge is 2.25. The van der Waals surface area contributed by atoms with E-state index in [4.69, 9.17) is 20.4 Å². The Kier molecular flexibility index (Phi) is 36.4. The Labute approximate surface area is 492 Å². The number of unbranched alkanes of at least 4 members (excludes halogenated alkanes) is 1. The number of rotatable bonds is 29. The molecule has 84 heavy (non-hydrogen) atoms. The number of hydrogen-bond donors (Lipinski definition) is 12. The molecule has 4 rings (SSSR count). The molecule has 1 saturated carbocycles. The molecule has 1 aliphatic carbocycles. The lowest BCUT2D eigenvalue weighted by Gasteiger charge is -2.20. The van der Waals surface area contributed by atoms with Crippen LogP contribution in [-0.2, 0) is 47.9 Å². The molecule has 0 bridgehead atoms. The number of carboxylic acids is 5. The smallest absolute Gasteiger partial charge is 0.326 e. The van der Waals surface area contributed by atoms with Crippen molar-refractivity contribution in [2.75, 3.05) is 52.9 Å². The number of urea groups is 1. The van der Waals surface area contributed by atoms with Gasteiger partial charge in [-0.2, -0.15) is 3.89 Å². The number of nitrogens with one attached hydrogen (secondary N) is 7. The van der Waals surface area contributed by atoms with E-state index in [-0.39, 0.29) is 68.3 Å². The van der Waals surface area contributed by atoms with Gasteiger partial charge in [0, 0.05) is 43.0 Å². The molecule has 12 N–H and O–H groups in total. The topological polar surface area (TPSA) is 376 Å². The second kappa shape index (κ2) is 41.6. The van der Waals surface area contributed by atoms with Crippen molar-refractivity contribution >= 4 is 99.1 Å². The Balaban J connectivity index is 0.000000598. The maximum Gasteiger partial charge on any atom is 0.326 e. The van der Waals surface area contributed by atoms with Gasteiger partial charge in [-0.3, -0.25) is 43.3 Å². The average molecular weight is 1200 g/mol. The number of aliphatic carboxylic acids is 5. The Morgan fingerprint density at radius 2 is 1.21 bits per heavy atom. The van der Waals surface area contributed by atoms with E-state index < -0.39 is 85.8 Å². The van der Waals surface area contributed by atoms with Gasteiger partial charge in [0.15, 0.2) is 0 Å². The largest absolute Gasteiger partial charge is 0.481 e. The van der Waals surface area contributed by atoms with Gasteiger partial charge >= 0.3 is 35.9 Å². The van der Waals surface area contributed by atoms with Crippen LogP contribution < -0.4 is 37.2 Å². The zero-order chi connectivity index (χ0) is 63.1. The third-order valence-electron chi connectivity index (χ3n) is 12.5. The van der Waals surface area contributed by atoms with Crippen molar-refractivity contribution in [3.05, 3.63) is 94.4 Å². The summed E-state index contributed by atoms with van der Waals surface area (Å²) in [5, 5.41) is 66.1. The van der Waals surface area contributed by atoms with Gasteiger partial charge in [0.1, 0.15) is 12.1 Å². The van der Waals surface area contributed by atoms with Crippen LogP contribution in [0.2, 0.25) is 0 Å². The summed E-state index contributed by atoms with van der Waals surface area (Å²) < 4.78 is 12.2. The summed E-state index contributed by atoms with van der Waals surface area (Å²) >= 11 is 0.181. The molecule has 7 amide bonds. The first-order valence-electron chi connectivity index (χ1n) is 27.3. The molecule has 0 saturated heterocycles. The normalized spacial score (nSPS) is 13.1. The van der Waals surface area contributed by atoms with Crippen molar-refractivity contribution in [1.82, 2.24) is 42.1 Å². The van der Waals surface area contributed by atoms with E-state index in [1.807, 2.05) is 26.8 Å². The van der Waals surface area contributed by atoms with Gasteiger partial charge in [-0.05, 0) is 118 Å². The van der Waals surface area contributed by atoms with E-state index in [1.165, 1.54) is 34.2 Å². The molecule has 3 aromatic carbocycles. The van der Waals surface area contributed by atoms with Gasteiger partial charge < -0.3 is 62.8 Å². The molecule has 0 heterocycles. The van der Waals surface area contributed by atoms with Crippen molar-refractivity contribution in [3.63, 3.8) is 0 Å². The second-order valence-corrected chi connectivity index (χ2v) is 20.0. The summed E-state index contributed by atoms with van der Waals surface area (Å²) in [6.07, 6.45) is 10.8. The SMILES string of the molecule is CCNC(=O)C(/C=C(\C)CC)=C/C=C(\C)SF.CNC(=O)CNC(=O)CN(CC(=O)O)CC(=O)O.Cc1c2ccccc2cc2ccccc12.O=C(O)CC[C@H](NC(=O)N[C@@H](CCCCNC(=O)CNC(=O)C1CCCCC1)C(=O)O)C(=O)O. The molecule has 0 radical (unpaired) electrons. The number of fused-ring (bicyclic) bond motifs is 2. The molecule has 3 aromatic rings. The van der Waals surface area contributed by atoms with Crippen LogP contribution in [0.3, 0.4) is 0 Å². The zero-order valence-electron chi connectivity index (χ0n) is 48.3. The van der Waals surface area contributed by atoms with Gasteiger partial charge in [-0.1, -0.05) is 86.4 Å². The summed E-state index contributed by atoms with van der Waals surface area (Å²) in [5.41, 5.74) is 3.05. The highest BCUT2D eigenvalue weighted by Crippen LogP contribution is 2.27. The third kappa shape index (κ3) is 31.7. The number of amides is 7. The summed E-state index contributed by atoms with van der Waals surface area (Å²) in [5.74, 6) is -8.13. The first-order chi connectivity index (χ1) is 39.8. The van der Waals surface area contributed by atoms with Crippen LogP contribution >= 0.6 is 12.1 Å². The van der Waals surface area contributed by atoms with Gasteiger partial charge in [-0.25, -0.2) is 14.4 Å². The Hall–Kier alpha value is -8.39. The Bertz CT molecular complexity index is 2730. The van der Waals surface area contributed by atoms with E-state index in [2.05, 4.69) is 98.7 Å². The lowest BCUT2D eigenvalue weighted by atomic mass is 9.89. The number of halogens is 1. The maximum atomic E-state index is 12.2. The lowest BCUT2D eigenvalue weighted by molar-refractivity contribution is -0.144. The molecular formula is C58H81FN8O16S. The fourth-order valence-electron chi connectivity index (χ4n) is 7.95. The second-order valence-electron chi connectivity index (χ2n) is 19.2. The summed E-state index contributed by atoms with van der Waals surface area (Å²) in [7, 11) is 1.40. The molecule has 2 atom stereocenters. The zero-order valence-corrected chi connectivity index (χ0v) is 49.2. The summed E-state index contributed by atoms with van der Waals surface area (Å²) in [4.78, 5) is 125. The minimum atomic E-state index is -1.47. The van der Waals surface area contributed by atoms with E-state index in [0.29, 0.717) is 29.9 Å². The number of benzene rings is 3. The van der Waals surface area contributed by atoms with E-state index in [1.54, 1.807) is 19.1 Å². The monoisotopic (exact) mass is 1200 g/mol. The molecule has 462 valence electrons. The predicted octanol–water partition coefficient (Wildman–Crippen LogP) is 5.59. The summed E-state index contributed by atoms with van der Waals surface area (Å²) in [6, 6.07) is 15.6. The molecular weight excluding hydrogens is 1120 g/mol. The minimum absolute atomic E-state index is 0.0317. The molecule has 0 aromatic heterocycles. The van der Waals surface area contributed by atoms with Crippen molar-refractivity contribution < 1.29 is 82.2 Å². The highest BCUT2D eigenvalue weighted by atomic mass is 32.2. The van der Waals surface area contributed by atoms with Crippen molar-refractivity contribution in [2.24, 2.45) is 5.92 Å². The van der Waals surface area contributed by atoms with Gasteiger partial charge in [0.05, 0.1) is 44.9 Å².